The average molecular weight is 247 g/mol. The molecular formula is C9H11ClN2O2S. The molecule has 1 aromatic carbocycles. The fourth-order valence-corrected chi connectivity index (χ4v) is 3.34. The maximum atomic E-state index is 11.9. The third-order valence-corrected chi connectivity index (χ3v) is 4.40. The summed E-state index contributed by atoms with van der Waals surface area (Å²) in [6, 6.07) is 7.19. The van der Waals surface area contributed by atoms with Crippen LogP contribution < -0.4 is 8.61 Å². The summed E-state index contributed by atoms with van der Waals surface area (Å²) in [7, 11) is -1.86. The van der Waals surface area contributed by atoms with Crippen LogP contribution in [0, 0.1) is 0 Å². The van der Waals surface area contributed by atoms with E-state index in [4.69, 9.17) is 11.6 Å². The Morgan fingerprint density at radius 1 is 1.27 bits per heavy atom. The van der Waals surface area contributed by atoms with Crippen LogP contribution in [0.3, 0.4) is 0 Å². The van der Waals surface area contributed by atoms with Crippen LogP contribution in [0.1, 0.15) is 0 Å². The monoisotopic (exact) mass is 246 g/mol. The van der Waals surface area contributed by atoms with Crippen molar-refractivity contribution >= 4 is 33.2 Å². The average Bonchev–Trinajstić information content (AvgIpc) is 2.41. The van der Waals surface area contributed by atoms with E-state index in [2.05, 4.69) is 0 Å². The van der Waals surface area contributed by atoms with Crippen molar-refractivity contribution in [2.24, 2.45) is 0 Å². The van der Waals surface area contributed by atoms with Gasteiger partial charge in [0.2, 0.25) is 0 Å². The summed E-state index contributed by atoms with van der Waals surface area (Å²) in [6.07, 6.45) is 0. The molecule has 1 heterocycles. The third kappa shape index (κ3) is 1.46. The number of fused-ring (bicyclic) bond motifs is 1. The highest BCUT2D eigenvalue weighted by molar-refractivity contribution is 7.94. The Morgan fingerprint density at radius 2 is 1.87 bits per heavy atom. The zero-order chi connectivity index (χ0) is 11.1. The number of halogens is 1. The number of nitrogens with zero attached hydrogens (tertiary/aromatic N) is 2. The van der Waals surface area contributed by atoms with Crippen LogP contribution in [0.2, 0.25) is 0 Å². The first-order valence-electron chi connectivity index (χ1n) is 4.50. The van der Waals surface area contributed by atoms with E-state index in [-0.39, 0.29) is 5.88 Å². The van der Waals surface area contributed by atoms with E-state index in [0.717, 1.165) is 0 Å². The molecule has 0 saturated carbocycles. The summed E-state index contributed by atoms with van der Waals surface area (Å²) in [6.45, 7) is 0.297. The van der Waals surface area contributed by atoms with Gasteiger partial charge in [0.15, 0.2) is 0 Å². The molecule has 0 bridgehead atoms. The van der Waals surface area contributed by atoms with Gasteiger partial charge < -0.3 is 0 Å². The molecule has 2 rings (SSSR count). The van der Waals surface area contributed by atoms with Gasteiger partial charge in [0.1, 0.15) is 0 Å². The van der Waals surface area contributed by atoms with Gasteiger partial charge in [-0.3, -0.25) is 4.31 Å². The van der Waals surface area contributed by atoms with Crippen molar-refractivity contribution in [3.63, 3.8) is 0 Å². The molecule has 0 amide bonds. The van der Waals surface area contributed by atoms with Gasteiger partial charge in [0, 0.05) is 19.5 Å². The lowest BCUT2D eigenvalue weighted by Gasteiger charge is -2.17. The second-order valence-electron chi connectivity index (χ2n) is 3.23. The second kappa shape index (κ2) is 3.57. The second-order valence-corrected chi connectivity index (χ2v) is 5.49. The Hall–Kier alpha value is -0.940. The van der Waals surface area contributed by atoms with E-state index in [1.54, 1.807) is 19.2 Å². The minimum Gasteiger partial charge on any atom is -0.254 e. The normalized spacial score (nSPS) is 18.0. The molecule has 0 radical (unpaired) electrons. The number of benzene rings is 1. The number of para-hydroxylation sites is 2. The van der Waals surface area contributed by atoms with Crippen LogP contribution in [-0.4, -0.2) is 27.9 Å². The highest BCUT2D eigenvalue weighted by Gasteiger charge is 2.36. The Morgan fingerprint density at radius 3 is 2.47 bits per heavy atom. The Labute approximate surface area is 94.2 Å². The maximum Gasteiger partial charge on any atom is 0.326 e. The molecular weight excluding hydrogens is 236 g/mol. The molecule has 6 heteroatoms. The highest BCUT2D eigenvalue weighted by Crippen LogP contribution is 2.39. The first-order chi connectivity index (χ1) is 7.09. The molecule has 15 heavy (non-hydrogen) atoms. The summed E-state index contributed by atoms with van der Waals surface area (Å²) in [5.41, 5.74) is 1.39. The van der Waals surface area contributed by atoms with Crippen molar-refractivity contribution in [2.75, 3.05) is 28.1 Å². The van der Waals surface area contributed by atoms with E-state index >= 15 is 0 Å². The van der Waals surface area contributed by atoms with Crippen molar-refractivity contribution in [1.29, 1.82) is 0 Å². The SMILES string of the molecule is CN1c2ccccc2N(CCCl)S1(=O)=O. The van der Waals surface area contributed by atoms with Crippen LogP contribution in [0.4, 0.5) is 11.4 Å². The lowest BCUT2D eigenvalue weighted by molar-refractivity contribution is 0.593. The minimum atomic E-state index is -3.40. The van der Waals surface area contributed by atoms with Crippen LogP contribution in [-0.2, 0) is 10.2 Å². The molecule has 0 saturated heterocycles. The highest BCUT2D eigenvalue weighted by atomic mass is 35.5. The molecule has 0 atom stereocenters. The zero-order valence-electron chi connectivity index (χ0n) is 8.22. The Bertz CT molecular complexity index is 475. The van der Waals surface area contributed by atoms with Crippen molar-refractivity contribution in [1.82, 2.24) is 0 Å². The summed E-state index contributed by atoms with van der Waals surface area (Å²) in [5, 5.41) is 0. The number of anilines is 2. The first-order valence-corrected chi connectivity index (χ1v) is 6.44. The Kier molecular flexibility index (Phi) is 2.52. The summed E-state index contributed by atoms with van der Waals surface area (Å²) in [4.78, 5) is 0. The van der Waals surface area contributed by atoms with Gasteiger partial charge >= 0.3 is 10.2 Å². The molecule has 1 aromatic rings. The minimum absolute atomic E-state index is 0.279. The lowest BCUT2D eigenvalue weighted by atomic mass is 10.2. The van der Waals surface area contributed by atoms with E-state index < -0.39 is 10.2 Å². The first kappa shape index (κ1) is 10.6. The predicted octanol–water partition coefficient (Wildman–Crippen LogP) is 1.43. The van der Waals surface area contributed by atoms with Crippen molar-refractivity contribution in [3.8, 4) is 0 Å². The van der Waals surface area contributed by atoms with Crippen LogP contribution in [0.15, 0.2) is 24.3 Å². The van der Waals surface area contributed by atoms with Crippen molar-refractivity contribution < 1.29 is 8.42 Å². The van der Waals surface area contributed by atoms with E-state index in [9.17, 15) is 8.42 Å². The standard InChI is InChI=1S/C9H11ClN2O2S/c1-11-8-4-2-3-5-9(8)12(7-6-10)15(11,13)14/h2-5H,6-7H2,1H3. The molecule has 0 aromatic heterocycles. The van der Waals surface area contributed by atoms with Gasteiger partial charge in [-0.15, -0.1) is 11.6 Å². The largest absolute Gasteiger partial charge is 0.326 e. The molecule has 0 aliphatic carbocycles. The van der Waals surface area contributed by atoms with Gasteiger partial charge in [0.25, 0.3) is 0 Å². The molecule has 1 aliphatic rings. The fraction of sp³-hybridized carbons (Fsp3) is 0.333. The molecule has 0 spiro atoms. The molecule has 0 N–H and O–H groups in total. The number of alkyl halides is 1. The molecule has 82 valence electrons. The van der Waals surface area contributed by atoms with Gasteiger partial charge in [-0.25, -0.2) is 4.31 Å². The van der Waals surface area contributed by atoms with Gasteiger partial charge in [-0.2, -0.15) is 8.42 Å². The number of rotatable bonds is 2. The molecule has 0 fully saturated rings. The van der Waals surface area contributed by atoms with Gasteiger partial charge in [0.05, 0.1) is 11.4 Å². The number of hydrogen-bond acceptors (Lipinski definition) is 2. The van der Waals surface area contributed by atoms with E-state index in [1.165, 1.54) is 8.61 Å². The molecule has 1 aliphatic heterocycles. The van der Waals surface area contributed by atoms with Crippen molar-refractivity contribution in [2.45, 2.75) is 0 Å². The van der Waals surface area contributed by atoms with Gasteiger partial charge in [-0.1, -0.05) is 12.1 Å². The molecule has 4 nitrogen and oxygen atoms in total. The fourth-order valence-electron chi connectivity index (χ4n) is 1.65. The topological polar surface area (TPSA) is 40.6 Å². The summed E-state index contributed by atoms with van der Waals surface area (Å²) >= 11 is 5.60. The smallest absolute Gasteiger partial charge is 0.254 e. The summed E-state index contributed by atoms with van der Waals surface area (Å²) in [5.74, 6) is 0.279. The van der Waals surface area contributed by atoms with E-state index in [1.807, 2.05) is 12.1 Å². The Balaban J connectivity index is 2.56. The molecule has 0 unspecified atom stereocenters. The third-order valence-electron chi connectivity index (χ3n) is 2.40. The number of hydrogen-bond donors (Lipinski definition) is 0. The van der Waals surface area contributed by atoms with Gasteiger partial charge in [-0.05, 0) is 12.1 Å². The van der Waals surface area contributed by atoms with Crippen LogP contribution >= 0.6 is 11.6 Å². The van der Waals surface area contributed by atoms with Crippen molar-refractivity contribution in [3.05, 3.63) is 24.3 Å². The predicted molar refractivity (Wildman–Crippen MR) is 61.8 cm³/mol. The van der Waals surface area contributed by atoms with Crippen LogP contribution in [0.25, 0.3) is 0 Å². The quantitative estimate of drug-likeness (QED) is 0.741. The lowest BCUT2D eigenvalue weighted by Crippen LogP contribution is -2.36. The van der Waals surface area contributed by atoms with Crippen LogP contribution in [0.5, 0.6) is 0 Å². The summed E-state index contributed by atoms with van der Waals surface area (Å²) < 4.78 is 26.5. The maximum absolute atomic E-state index is 11.9. The zero-order valence-corrected chi connectivity index (χ0v) is 9.79. The van der Waals surface area contributed by atoms with E-state index in [0.29, 0.717) is 17.9 Å².